The van der Waals surface area contributed by atoms with E-state index in [4.69, 9.17) is 10.5 Å². The first-order chi connectivity index (χ1) is 10.2. The van der Waals surface area contributed by atoms with Gasteiger partial charge in [0.2, 0.25) is 0 Å². The van der Waals surface area contributed by atoms with Crippen LogP contribution >= 0.6 is 0 Å². The molecule has 5 heteroatoms. The number of benzene rings is 1. The minimum Gasteiger partial charge on any atom is -0.397 e. The highest BCUT2D eigenvalue weighted by Gasteiger charge is 2.14. The number of aromatic nitrogens is 1. The molecule has 2 heterocycles. The van der Waals surface area contributed by atoms with Gasteiger partial charge in [-0.25, -0.2) is 0 Å². The van der Waals surface area contributed by atoms with E-state index in [0.717, 1.165) is 55.1 Å². The molecule has 1 saturated heterocycles. The van der Waals surface area contributed by atoms with Crippen molar-refractivity contribution in [2.75, 3.05) is 43.9 Å². The highest BCUT2D eigenvalue weighted by molar-refractivity contribution is 5.98. The molecule has 1 aromatic heterocycles. The molecule has 3 rings (SSSR count). The summed E-state index contributed by atoms with van der Waals surface area (Å²) in [5, 5.41) is 4.66. The number of rotatable bonds is 4. The summed E-state index contributed by atoms with van der Waals surface area (Å²) in [6, 6.07) is 8.31. The molecular weight excluding hydrogens is 264 g/mol. The van der Waals surface area contributed by atoms with Crippen molar-refractivity contribution in [3.8, 4) is 0 Å². The lowest BCUT2D eigenvalue weighted by molar-refractivity contribution is 0.0368. The molecule has 0 bridgehead atoms. The van der Waals surface area contributed by atoms with Gasteiger partial charge in [-0.2, -0.15) is 0 Å². The van der Waals surface area contributed by atoms with Crippen LogP contribution in [-0.2, 0) is 4.74 Å². The van der Waals surface area contributed by atoms with E-state index in [1.54, 1.807) is 6.20 Å². The monoisotopic (exact) mass is 286 g/mol. The number of fused-ring (bicyclic) bond motifs is 1. The summed E-state index contributed by atoms with van der Waals surface area (Å²) >= 11 is 0. The molecule has 0 radical (unpaired) electrons. The van der Waals surface area contributed by atoms with Crippen LogP contribution in [0.3, 0.4) is 0 Å². The molecule has 1 unspecified atom stereocenters. The molecular formula is C16H22N4O. The summed E-state index contributed by atoms with van der Waals surface area (Å²) in [5.74, 6) is 0. The van der Waals surface area contributed by atoms with Gasteiger partial charge in [-0.15, -0.1) is 0 Å². The molecule has 1 aliphatic heterocycles. The fraction of sp³-hybridized carbons (Fsp3) is 0.438. The van der Waals surface area contributed by atoms with Crippen LogP contribution in [0, 0.1) is 0 Å². The number of hydrogen-bond donors (Lipinski definition) is 2. The van der Waals surface area contributed by atoms with Crippen LogP contribution in [0.4, 0.5) is 11.4 Å². The van der Waals surface area contributed by atoms with Crippen LogP contribution in [0.25, 0.3) is 10.9 Å². The van der Waals surface area contributed by atoms with E-state index in [1.165, 1.54) is 0 Å². The number of nitrogens with zero attached hydrogens (tertiary/aromatic N) is 2. The molecule has 1 aromatic carbocycles. The van der Waals surface area contributed by atoms with Gasteiger partial charge in [0, 0.05) is 42.9 Å². The summed E-state index contributed by atoms with van der Waals surface area (Å²) in [7, 11) is 0. The first kappa shape index (κ1) is 14.1. The Bertz CT molecular complexity index is 610. The first-order valence-corrected chi connectivity index (χ1v) is 7.44. The van der Waals surface area contributed by atoms with E-state index in [1.807, 2.05) is 18.2 Å². The van der Waals surface area contributed by atoms with E-state index < -0.39 is 0 Å². The third-order valence-corrected chi connectivity index (χ3v) is 3.84. The normalized spacial score (nSPS) is 17.8. The lowest BCUT2D eigenvalue weighted by Gasteiger charge is -2.30. The minimum absolute atomic E-state index is 0.357. The number of nitrogens with one attached hydrogen (secondary N) is 1. The van der Waals surface area contributed by atoms with Gasteiger partial charge in [0.1, 0.15) is 0 Å². The van der Waals surface area contributed by atoms with Crippen LogP contribution < -0.4 is 11.1 Å². The summed E-state index contributed by atoms with van der Waals surface area (Å²) in [6.45, 7) is 6.90. The maximum atomic E-state index is 5.99. The average molecular weight is 286 g/mol. The minimum atomic E-state index is 0.357. The highest BCUT2D eigenvalue weighted by Crippen LogP contribution is 2.26. The fourth-order valence-electron chi connectivity index (χ4n) is 2.80. The molecule has 0 aliphatic carbocycles. The summed E-state index contributed by atoms with van der Waals surface area (Å²) in [5.41, 5.74) is 8.67. The lowest BCUT2D eigenvalue weighted by atomic mass is 10.1. The summed E-state index contributed by atoms with van der Waals surface area (Å²) < 4.78 is 5.39. The maximum absolute atomic E-state index is 5.99. The Balaban J connectivity index is 1.73. The highest BCUT2D eigenvalue weighted by atomic mass is 16.5. The fourth-order valence-corrected chi connectivity index (χ4v) is 2.80. The Morgan fingerprint density at radius 2 is 2.14 bits per heavy atom. The molecule has 1 aliphatic rings. The van der Waals surface area contributed by atoms with Crippen molar-refractivity contribution in [3.05, 3.63) is 30.5 Å². The van der Waals surface area contributed by atoms with Gasteiger partial charge >= 0.3 is 0 Å². The number of anilines is 2. The van der Waals surface area contributed by atoms with Crippen LogP contribution in [-0.4, -0.2) is 48.8 Å². The Hall–Kier alpha value is -1.85. The van der Waals surface area contributed by atoms with E-state index in [-0.39, 0.29) is 0 Å². The van der Waals surface area contributed by atoms with Crippen molar-refractivity contribution in [2.45, 2.75) is 13.0 Å². The molecule has 21 heavy (non-hydrogen) atoms. The molecule has 2 aromatic rings. The van der Waals surface area contributed by atoms with Crippen molar-refractivity contribution < 1.29 is 4.74 Å². The molecule has 0 amide bonds. The Kier molecular flexibility index (Phi) is 4.22. The van der Waals surface area contributed by atoms with Gasteiger partial charge in [0.25, 0.3) is 0 Å². The second-order valence-corrected chi connectivity index (χ2v) is 5.56. The van der Waals surface area contributed by atoms with Gasteiger partial charge in [-0.3, -0.25) is 9.88 Å². The van der Waals surface area contributed by atoms with Crippen molar-refractivity contribution in [2.24, 2.45) is 0 Å². The van der Waals surface area contributed by atoms with Crippen molar-refractivity contribution in [3.63, 3.8) is 0 Å². The molecule has 3 N–H and O–H groups in total. The Morgan fingerprint density at radius 1 is 1.33 bits per heavy atom. The zero-order valence-corrected chi connectivity index (χ0v) is 12.4. The predicted octanol–water partition coefficient (Wildman–Crippen LogP) is 1.95. The SMILES string of the molecule is CC(CN1CCOCC1)Nc1ccc(N)c2ncccc12. The number of ether oxygens (including phenoxy) is 1. The number of morpholine rings is 1. The van der Waals surface area contributed by atoms with E-state index in [9.17, 15) is 0 Å². The zero-order chi connectivity index (χ0) is 14.7. The smallest absolute Gasteiger partial charge is 0.0951 e. The van der Waals surface area contributed by atoms with Gasteiger partial charge in [-0.1, -0.05) is 0 Å². The second-order valence-electron chi connectivity index (χ2n) is 5.56. The van der Waals surface area contributed by atoms with Crippen molar-refractivity contribution >= 4 is 22.3 Å². The van der Waals surface area contributed by atoms with E-state index in [2.05, 4.69) is 28.2 Å². The van der Waals surface area contributed by atoms with Crippen LogP contribution in [0.15, 0.2) is 30.5 Å². The van der Waals surface area contributed by atoms with Crippen molar-refractivity contribution in [1.29, 1.82) is 0 Å². The van der Waals surface area contributed by atoms with Gasteiger partial charge in [0.05, 0.1) is 24.4 Å². The molecule has 0 saturated carbocycles. The molecule has 5 nitrogen and oxygen atoms in total. The van der Waals surface area contributed by atoms with E-state index in [0.29, 0.717) is 6.04 Å². The largest absolute Gasteiger partial charge is 0.397 e. The summed E-state index contributed by atoms with van der Waals surface area (Å²) in [6.07, 6.45) is 1.78. The van der Waals surface area contributed by atoms with E-state index >= 15 is 0 Å². The topological polar surface area (TPSA) is 63.4 Å². The Morgan fingerprint density at radius 3 is 2.95 bits per heavy atom. The summed E-state index contributed by atoms with van der Waals surface area (Å²) in [4.78, 5) is 6.80. The van der Waals surface area contributed by atoms with Crippen LogP contribution in [0.5, 0.6) is 0 Å². The lowest BCUT2D eigenvalue weighted by Crippen LogP contribution is -2.42. The van der Waals surface area contributed by atoms with Gasteiger partial charge in [-0.05, 0) is 31.2 Å². The molecule has 112 valence electrons. The predicted molar refractivity (Wildman–Crippen MR) is 86.5 cm³/mol. The quantitative estimate of drug-likeness (QED) is 0.841. The Labute approximate surface area is 125 Å². The zero-order valence-electron chi connectivity index (χ0n) is 12.4. The third-order valence-electron chi connectivity index (χ3n) is 3.84. The van der Waals surface area contributed by atoms with Gasteiger partial charge in [0.15, 0.2) is 0 Å². The van der Waals surface area contributed by atoms with Crippen LogP contribution in [0.1, 0.15) is 6.92 Å². The second kappa shape index (κ2) is 6.28. The number of pyridine rings is 1. The number of nitrogens with two attached hydrogens (primary N) is 1. The van der Waals surface area contributed by atoms with Crippen LogP contribution in [0.2, 0.25) is 0 Å². The number of nitrogen functional groups attached to an aromatic ring is 1. The van der Waals surface area contributed by atoms with Gasteiger partial charge < -0.3 is 15.8 Å². The third kappa shape index (κ3) is 3.25. The molecule has 1 fully saturated rings. The van der Waals surface area contributed by atoms with Crippen molar-refractivity contribution in [1.82, 2.24) is 9.88 Å². The number of hydrogen-bond acceptors (Lipinski definition) is 5. The molecule has 0 spiro atoms. The first-order valence-electron chi connectivity index (χ1n) is 7.44. The standard InChI is InChI=1S/C16H22N4O/c1-12(11-20-7-9-21-10-8-20)19-15-5-4-14(17)16-13(15)3-2-6-18-16/h2-6,12,19H,7-11,17H2,1H3. The molecule has 1 atom stereocenters. The average Bonchev–Trinajstić information content (AvgIpc) is 2.51. The maximum Gasteiger partial charge on any atom is 0.0951 e.